The van der Waals surface area contributed by atoms with Gasteiger partial charge in [0.2, 0.25) is 11.8 Å². The van der Waals surface area contributed by atoms with E-state index in [1.54, 1.807) is 0 Å². The Hall–Kier alpha value is -1.10. The molecule has 0 aromatic carbocycles. The van der Waals surface area contributed by atoms with Gasteiger partial charge < -0.3 is 9.80 Å². The van der Waals surface area contributed by atoms with Gasteiger partial charge in [0.15, 0.2) is 0 Å². The van der Waals surface area contributed by atoms with Crippen molar-refractivity contribution in [2.24, 2.45) is 5.92 Å². The summed E-state index contributed by atoms with van der Waals surface area (Å²) < 4.78 is 0. The summed E-state index contributed by atoms with van der Waals surface area (Å²) in [6.45, 7) is 7.53. The first-order valence-corrected chi connectivity index (χ1v) is 8.98. The third-order valence-electron chi connectivity index (χ3n) is 5.62. The summed E-state index contributed by atoms with van der Waals surface area (Å²) in [4.78, 5) is 31.2. The van der Waals surface area contributed by atoms with E-state index >= 15 is 0 Å². The van der Waals surface area contributed by atoms with Crippen LogP contribution < -0.4 is 0 Å². The molecule has 3 rings (SSSR count). The van der Waals surface area contributed by atoms with Gasteiger partial charge in [-0.2, -0.15) is 0 Å². The summed E-state index contributed by atoms with van der Waals surface area (Å²) >= 11 is 0. The minimum Gasteiger partial charge on any atom is -0.342 e. The molecule has 0 aliphatic carbocycles. The molecule has 0 spiro atoms. The number of hydrogen-bond donors (Lipinski definition) is 0. The van der Waals surface area contributed by atoms with Crippen LogP contribution in [0.4, 0.5) is 0 Å². The van der Waals surface area contributed by atoms with Crippen molar-refractivity contribution in [1.29, 1.82) is 0 Å². The molecule has 124 valence electrons. The van der Waals surface area contributed by atoms with Crippen LogP contribution in [0, 0.1) is 5.92 Å². The molecule has 3 aliphatic heterocycles. The van der Waals surface area contributed by atoms with Crippen LogP contribution in [0.1, 0.15) is 45.4 Å². The second-order valence-electron chi connectivity index (χ2n) is 7.05. The first-order chi connectivity index (χ1) is 10.7. The fraction of sp³-hybridized carbons (Fsp3) is 0.882. The molecule has 0 radical (unpaired) electrons. The van der Waals surface area contributed by atoms with E-state index in [9.17, 15) is 9.59 Å². The molecular formula is C17H29N3O2. The molecule has 0 bridgehead atoms. The van der Waals surface area contributed by atoms with Crippen LogP contribution in [0.2, 0.25) is 0 Å². The minimum atomic E-state index is -0.0269. The van der Waals surface area contributed by atoms with E-state index in [0.717, 1.165) is 77.8 Å². The topological polar surface area (TPSA) is 43.9 Å². The smallest absolute Gasteiger partial charge is 0.239 e. The van der Waals surface area contributed by atoms with Gasteiger partial charge in [0.05, 0.1) is 6.04 Å². The quantitative estimate of drug-likeness (QED) is 0.790. The number of likely N-dealkylation sites (tertiary alicyclic amines) is 3. The Morgan fingerprint density at radius 1 is 0.818 bits per heavy atom. The van der Waals surface area contributed by atoms with Gasteiger partial charge >= 0.3 is 0 Å². The number of carbonyl (C=O) groups is 2. The minimum absolute atomic E-state index is 0.0269. The molecule has 5 heteroatoms. The summed E-state index contributed by atoms with van der Waals surface area (Å²) in [5.41, 5.74) is 0. The standard InChI is InChI=1S/C17H29N3O2/c1-14(16(21)19-8-2-3-9-19)18-12-6-15(7-13-18)17(22)20-10-4-5-11-20/h14-15H,2-13H2,1H3. The molecule has 3 aliphatic rings. The largest absolute Gasteiger partial charge is 0.342 e. The first-order valence-electron chi connectivity index (χ1n) is 8.98. The van der Waals surface area contributed by atoms with E-state index in [1.807, 2.05) is 16.7 Å². The second kappa shape index (κ2) is 6.99. The molecule has 3 heterocycles. The Balaban J connectivity index is 1.48. The van der Waals surface area contributed by atoms with Crippen LogP contribution in [0.5, 0.6) is 0 Å². The molecule has 0 N–H and O–H groups in total. The van der Waals surface area contributed by atoms with Crippen molar-refractivity contribution in [1.82, 2.24) is 14.7 Å². The average Bonchev–Trinajstić information content (AvgIpc) is 3.26. The lowest BCUT2D eigenvalue weighted by Gasteiger charge is -2.37. The molecule has 22 heavy (non-hydrogen) atoms. The predicted molar refractivity (Wildman–Crippen MR) is 85.4 cm³/mol. The average molecular weight is 307 g/mol. The van der Waals surface area contributed by atoms with E-state index in [-0.39, 0.29) is 17.9 Å². The van der Waals surface area contributed by atoms with Crippen LogP contribution >= 0.6 is 0 Å². The van der Waals surface area contributed by atoms with Gasteiger partial charge in [-0.15, -0.1) is 0 Å². The van der Waals surface area contributed by atoms with E-state index < -0.39 is 0 Å². The molecule has 0 aromatic heterocycles. The molecule has 0 saturated carbocycles. The van der Waals surface area contributed by atoms with Crippen molar-refractivity contribution in [2.75, 3.05) is 39.3 Å². The number of amides is 2. The van der Waals surface area contributed by atoms with Crippen LogP contribution in [-0.2, 0) is 9.59 Å². The van der Waals surface area contributed by atoms with E-state index in [2.05, 4.69) is 4.90 Å². The number of hydrogen-bond acceptors (Lipinski definition) is 3. The normalized spacial score (nSPS) is 25.7. The Kier molecular flexibility index (Phi) is 5.01. The van der Waals surface area contributed by atoms with Crippen molar-refractivity contribution < 1.29 is 9.59 Å². The molecule has 3 fully saturated rings. The third-order valence-corrected chi connectivity index (χ3v) is 5.62. The Morgan fingerprint density at radius 2 is 1.32 bits per heavy atom. The number of nitrogens with zero attached hydrogens (tertiary/aromatic N) is 3. The van der Waals surface area contributed by atoms with E-state index in [1.165, 1.54) is 0 Å². The highest BCUT2D eigenvalue weighted by Gasteiger charge is 2.34. The maximum Gasteiger partial charge on any atom is 0.239 e. The highest BCUT2D eigenvalue weighted by atomic mass is 16.2. The van der Waals surface area contributed by atoms with Gasteiger partial charge in [0, 0.05) is 32.1 Å². The zero-order valence-electron chi connectivity index (χ0n) is 13.8. The summed E-state index contributed by atoms with van der Waals surface area (Å²) in [5, 5.41) is 0. The van der Waals surface area contributed by atoms with E-state index in [4.69, 9.17) is 0 Å². The van der Waals surface area contributed by atoms with Gasteiger partial charge in [0.1, 0.15) is 0 Å². The molecule has 2 amide bonds. The molecule has 1 atom stereocenters. The lowest BCUT2D eigenvalue weighted by atomic mass is 9.94. The van der Waals surface area contributed by atoms with Crippen LogP contribution in [0.3, 0.4) is 0 Å². The molecule has 0 aromatic rings. The van der Waals surface area contributed by atoms with E-state index in [0.29, 0.717) is 5.91 Å². The van der Waals surface area contributed by atoms with Gasteiger partial charge in [-0.05, 0) is 58.5 Å². The van der Waals surface area contributed by atoms with Gasteiger partial charge in [-0.3, -0.25) is 14.5 Å². The fourth-order valence-corrected chi connectivity index (χ4v) is 4.09. The maximum absolute atomic E-state index is 12.5. The highest BCUT2D eigenvalue weighted by molar-refractivity contribution is 5.82. The molecular weight excluding hydrogens is 278 g/mol. The summed E-state index contributed by atoms with van der Waals surface area (Å²) in [5.74, 6) is 0.820. The zero-order chi connectivity index (χ0) is 15.5. The summed E-state index contributed by atoms with van der Waals surface area (Å²) in [6, 6.07) is -0.0269. The molecule has 3 saturated heterocycles. The molecule has 1 unspecified atom stereocenters. The molecule has 5 nitrogen and oxygen atoms in total. The Bertz CT molecular complexity index is 406. The van der Waals surface area contributed by atoms with Crippen molar-refractivity contribution in [3.05, 3.63) is 0 Å². The Morgan fingerprint density at radius 3 is 1.86 bits per heavy atom. The van der Waals surface area contributed by atoms with Crippen LogP contribution in [-0.4, -0.2) is 71.8 Å². The Labute approximate surface area is 133 Å². The zero-order valence-corrected chi connectivity index (χ0v) is 13.8. The van der Waals surface area contributed by atoms with Gasteiger partial charge in [-0.25, -0.2) is 0 Å². The third kappa shape index (κ3) is 3.29. The highest BCUT2D eigenvalue weighted by Crippen LogP contribution is 2.24. The lowest BCUT2D eigenvalue weighted by molar-refractivity contribution is -0.138. The van der Waals surface area contributed by atoms with Crippen molar-refractivity contribution in [2.45, 2.75) is 51.5 Å². The van der Waals surface area contributed by atoms with Crippen molar-refractivity contribution in [3.8, 4) is 0 Å². The number of piperidine rings is 1. The first kappa shape index (κ1) is 15.8. The fourth-order valence-electron chi connectivity index (χ4n) is 4.09. The van der Waals surface area contributed by atoms with Crippen molar-refractivity contribution in [3.63, 3.8) is 0 Å². The summed E-state index contributed by atoms with van der Waals surface area (Å²) in [6.07, 6.45) is 6.42. The lowest BCUT2D eigenvalue weighted by Crippen LogP contribution is -2.50. The van der Waals surface area contributed by atoms with Crippen LogP contribution in [0.25, 0.3) is 0 Å². The van der Waals surface area contributed by atoms with Crippen LogP contribution in [0.15, 0.2) is 0 Å². The summed E-state index contributed by atoms with van der Waals surface area (Å²) in [7, 11) is 0. The number of carbonyl (C=O) groups excluding carboxylic acids is 2. The monoisotopic (exact) mass is 307 g/mol. The van der Waals surface area contributed by atoms with Gasteiger partial charge in [0.25, 0.3) is 0 Å². The van der Waals surface area contributed by atoms with Gasteiger partial charge in [-0.1, -0.05) is 0 Å². The predicted octanol–water partition coefficient (Wildman–Crippen LogP) is 1.33. The SMILES string of the molecule is CC(C(=O)N1CCCC1)N1CCC(C(=O)N2CCCC2)CC1. The number of rotatable bonds is 3. The maximum atomic E-state index is 12.5. The van der Waals surface area contributed by atoms with Crippen molar-refractivity contribution >= 4 is 11.8 Å². The second-order valence-corrected chi connectivity index (χ2v) is 7.05.